The third-order valence-corrected chi connectivity index (χ3v) is 5.14. The van der Waals surface area contributed by atoms with E-state index >= 15 is 0 Å². The summed E-state index contributed by atoms with van der Waals surface area (Å²) in [7, 11) is 0. The molecule has 2 aromatic rings. The Labute approximate surface area is 168 Å². The lowest BCUT2D eigenvalue weighted by Crippen LogP contribution is -2.50. The molecule has 7 nitrogen and oxygen atoms in total. The maximum atomic E-state index is 12.7. The zero-order chi connectivity index (χ0) is 20.3. The van der Waals surface area contributed by atoms with Gasteiger partial charge in [0.1, 0.15) is 12.2 Å². The van der Waals surface area contributed by atoms with E-state index in [0.29, 0.717) is 36.9 Å². The number of benzene rings is 1. The molecule has 1 aromatic heterocycles. The van der Waals surface area contributed by atoms with E-state index in [1.54, 1.807) is 24.0 Å². The Kier molecular flexibility index (Phi) is 6.04. The van der Waals surface area contributed by atoms with Gasteiger partial charge in [-0.05, 0) is 31.2 Å². The molecule has 8 heteroatoms. The Balaban J connectivity index is 1.67. The number of para-hydroxylation sites is 1. The van der Waals surface area contributed by atoms with Crippen LogP contribution in [0, 0.1) is 6.92 Å². The van der Waals surface area contributed by atoms with E-state index in [1.807, 2.05) is 24.3 Å². The van der Waals surface area contributed by atoms with Gasteiger partial charge in [-0.15, -0.1) is 0 Å². The molecule has 0 atom stereocenters. The molecule has 0 saturated carbocycles. The summed E-state index contributed by atoms with van der Waals surface area (Å²) in [5.74, 6) is -0.446. The van der Waals surface area contributed by atoms with Crippen LogP contribution in [0.4, 0.5) is 11.4 Å². The molecular weight excluding hydrogens is 380 g/mol. The van der Waals surface area contributed by atoms with Crippen LogP contribution < -0.4 is 15.8 Å². The number of nitrogens with one attached hydrogen (secondary N) is 1. The molecule has 1 aromatic carbocycles. The maximum Gasteiger partial charge on any atom is 0.274 e. The van der Waals surface area contributed by atoms with Gasteiger partial charge in [0.25, 0.3) is 5.56 Å². The average Bonchev–Trinajstić information content (AvgIpc) is 2.67. The number of aryl methyl sites for hydroxylation is 1. The predicted octanol–water partition coefficient (Wildman–Crippen LogP) is 2.12. The highest BCUT2D eigenvalue weighted by atomic mass is 35.5. The number of aromatic nitrogens is 1. The van der Waals surface area contributed by atoms with Crippen LogP contribution in [0.2, 0.25) is 5.02 Å². The molecule has 2 heterocycles. The Morgan fingerprint density at radius 2 is 1.75 bits per heavy atom. The first kappa shape index (κ1) is 19.9. The standard InChI is InChI=1S/C20H23ClN4O3/c1-14-7-8-17(22-15(2)26)20(28)25(14)13-19(27)24-11-9-23(10-12-24)18-6-4-3-5-16(18)21/h3-8H,9-13H2,1-2H3,(H,22,26). The van der Waals surface area contributed by atoms with E-state index in [2.05, 4.69) is 10.2 Å². The minimum Gasteiger partial charge on any atom is -0.367 e. The minimum atomic E-state index is -0.377. The first-order chi connectivity index (χ1) is 13.4. The van der Waals surface area contributed by atoms with Crippen LogP contribution >= 0.6 is 11.6 Å². The van der Waals surface area contributed by atoms with E-state index in [0.717, 1.165) is 5.69 Å². The first-order valence-corrected chi connectivity index (χ1v) is 9.50. The third-order valence-electron chi connectivity index (χ3n) is 4.82. The van der Waals surface area contributed by atoms with Crippen LogP contribution in [0.25, 0.3) is 0 Å². The predicted molar refractivity (Wildman–Crippen MR) is 110 cm³/mol. The van der Waals surface area contributed by atoms with Crippen molar-refractivity contribution in [3.63, 3.8) is 0 Å². The Bertz CT molecular complexity index is 949. The lowest BCUT2D eigenvalue weighted by Gasteiger charge is -2.36. The normalized spacial score (nSPS) is 14.1. The second-order valence-electron chi connectivity index (χ2n) is 6.78. The molecule has 1 aliphatic heterocycles. The molecule has 1 fully saturated rings. The lowest BCUT2D eigenvalue weighted by atomic mass is 10.2. The van der Waals surface area contributed by atoms with Gasteiger partial charge in [0.05, 0.1) is 10.7 Å². The fourth-order valence-electron chi connectivity index (χ4n) is 3.29. The maximum absolute atomic E-state index is 12.7. The summed E-state index contributed by atoms with van der Waals surface area (Å²) in [6.07, 6.45) is 0. The number of pyridine rings is 1. The number of hydrogen-bond acceptors (Lipinski definition) is 4. The van der Waals surface area contributed by atoms with Crippen LogP contribution in [0.3, 0.4) is 0 Å². The van der Waals surface area contributed by atoms with Crippen LogP contribution in [0.5, 0.6) is 0 Å². The molecule has 0 spiro atoms. The van der Waals surface area contributed by atoms with Crippen molar-refractivity contribution in [2.24, 2.45) is 0 Å². The largest absolute Gasteiger partial charge is 0.367 e. The Morgan fingerprint density at radius 1 is 1.07 bits per heavy atom. The lowest BCUT2D eigenvalue weighted by molar-refractivity contribution is -0.132. The molecule has 0 aliphatic carbocycles. The third kappa shape index (κ3) is 4.36. The van der Waals surface area contributed by atoms with Gasteiger partial charge in [-0.2, -0.15) is 0 Å². The van der Waals surface area contributed by atoms with E-state index in [-0.39, 0.29) is 29.6 Å². The van der Waals surface area contributed by atoms with Gasteiger partial charge in [0, 0.05) is 38.8 Å². The van der Waals surface area contributed by atoms with Gasteiger partial charge >= 0.3 is 0 Å². The molecule has 1 aliphatic rings. The van der Waals surface area contributed by atoms with E-state index in [1.165, 1.54) is 11.5 Å². The van der Waals surface area contributed by atoms with Gasteiger partial charge < -0.3 is 19.7 Å². The van der Waals surface area contributed by atoms with Crippen LogP contribution in [-0.4, -0.2) is 47.5 Å². The van der Waals surface area contributed by atoms with Gasteiger partial charge in [0.15, 0.2) is 0 Å². The highest BCUT2D eigenvalue weighted by Crippen LogP contribution is 2.26. The fraction of sp³-hybridized carbons (Fsp3) is 0.350. The summed E-state index contributed by atoms with van der Waals surface area (Å²) in [6.45, 7) is 5.52. The summed E-state index contributed by atoms with van der Waals surface area (Å²) >= 11 is 6.26. The molecule has 0 bridgehead atoms. The van der Waals surface area contributed by atoms with Crippen molar-refractivity contribution >= 4 is 34.8 Å². The second kappa shape index (κ2) is 8.48. The Hall–Kier alpha value is -2.80. The quantitative estimate of drug-likeness (QED) is 0.850. The highest BCUT2D eigenvalue weighted by molar-refractivity contribution is 6.33. The molecule has 3 rings (SSSR count). The second-order valence-corrected chi connectivity index (χ2v) is 7.19. The van der Waals surface area contributed by atoms with Crippen LogP contribution in [0.1, 0.15) is 12.6 Å². The summed E-state index contributed by atoms with van der Waals surface area (Å²) in [6, 6.07) is 10.9. The zero-order valence-electron chi connectivity index (χ0n) is 15.9. The Morgan fingerprint density at radius 3 is 2.39 bits per heavy atom. The number of anilines is 2. The SMILES string of the molecule is CC(=O)Nc1ccc(C)n(CC(=O)N2CCN(c3ccccc3Cl)CC2)c1=O. The topological polar surface area (TPSA) is 74.7 Å². The van der Waals surface area contributed by atoms with Crippen molar-refractivity contribution in [1.29, 1.82) is 0 Å². The number of hydrogen-bond donors (Lipinski definition) is 1. The summed E-state index contributed by atoms with van der Waals surface area (Å²) in [5, 5.41) is 3.20. The van der Waals surface area contributed by atoms with Gasteiger partial charge in [-0.25, -0.2) is 0 Å². The zero-order valence-corrected chi connectivity index (χ0v) is 16.7. The minimum absolute atomic E-state index is 0.0514. The molecule has 0 unspecified atom stereocenters. The summed E-state index contributed by atoms with van der Waals surface area (Å²) in [4.78, 5) is 40.5. The van der Waals surface area contributed by atoms with E-state index in [9.17, 15) is 14.4 Å². The fourth-order valence-corrected chi connectivity index (χ4v) is 3.55. The van der Waals surface area contributed by atoms with Crippen LogP contribution in [0.15, 0.2) is 41.2 Å². The van der Waals surface area contributed by atoms with Crippen molar-refractivity contribution in [3.8, 4) is 0 Å². The number of rotatable bonds is 4. The van der Waals surface area contributed by atoms with Crippen molar-refractivity contribution in [2.75, 3.05) is 36.4 Å². The smallest absolute Gasteiger partial charge is 0.274 e. The molecular formula is C20H23ClN4O3. The monoisotopic (exact) mass is 402 g/mol. The van der Waals surface area contributed by atoms with Crippen LogP contribution in [-0.2, 0) is 16.1 Å². The van der Waals surface area contributed by atoms with Crippen molar-refractivity contribution < 1.29 is 9.59 Å². The number of nitrogens with zero attached hydrogens (tertiary/aromatic N) is 3. The van der Waals surface area contributed by atoms with E-state index < -0.39 is 0 Å². The number of amides is 2. The molecule has 148 valence electrons. The highest BCUT2D eigenvalue weighted by Gasteiger charge is 2.23. The summed E-state index contributed by atoms with van der Waals surface area (Å²) in [5.41, 5.74) is 1.43. The van der Waals surface area contributed by atoms with Crippen molar-refractivity contribution in [2.45, 2.75) is 20.4 Å². The number of piperazine rings is 1. The van der Waals surface area contributed by atoms with Gasteiger partial charge in [0.2, 0.25) is 11.8 Å². The van der Waals surface area contributed by atoms with Crippen molar-refractivity contribution in [3.05, 3.63) is 57.5 Å². The number of carbonyl (C=O) groups is 2. The molecule has 28 heavy (non-hydrogen) atoms. The van der Waals surface area contributed by atoms with Gasteiger partial charge in [-0.1, -0.05) is 23.7 Å². The van der Waals surface area contributed by atoms with E-state index in [4.69, 9.17) is 11.6 Å². The van der Waals surface area contributed by atoms with Gasteiger partial charge in [-0.3, -0.25) is 14.4 Å². The number of carbonyl (C=O) groups excluding carboxylic acids is 2. The molecule has 2 amide bonds. The molecule has 0 radical (unpaired) electrons. The average molecular weight is 403 g/mol. The van der Waals surface area contributed by atoms with Crippen molar-refractivity contribution in [1.82, 2.24) is 9.47 Å². The first-order valence-electron chi connectivity index (χ1n) is 9.12. The summed E-state index contributed by atoms with van der Waals surface area (Å²) < 4.78 is 1.40. The number of halogens is 1. The molecule has 1 N–H and O–H groups in total. The molecule has 1 saturated heterocycles.